The summed E-state index contributed by atoms with van der Waals surface area (Å²) >= 11 is 13.3. The van der Waals surface area contributed by atoms with Gasteiger partial charge >= 0.3 is 0 Å². The quantitative estimate of drug-likeness (QED) is 0.839. The number of carbonyl (C=O) groups is 2. The average molecular weight is 371 g/mol. The predicted octanol–water partition coefficient (Wildman–Crippen LogP) is 3.83. The Labute approximate surface area is 149 Å². The lowest BCUT2D eigenvalue weighted by Gasteiger charge is -2.20. The van der Waals surface area contributed by atoms with Crippen molar-refractivity contribution in [2.75, 3.05) is 13.1 Å². The summed E-state index contributed by atoms with van der Waals surface area (Å²) in [6.45, 7) is 2.99. The van der Waals surface area contributed by atoms with Crippen molar-refractivity contribution in [3.8, 4) is 0 Å². The molecule has 0 radical (unpaired) electrons. The third kappa shape index (κ3) is 4.96. The molecule has 0 unspecified atom stereocenters. The summed E-state index contributed by atoms with van der Waals surface area (Å²) < 4.78 is 0. The van der Waals surface area contributed by atoms with Crippen LogP contribution in [0.5, 0.6) is 0 Å². The van der Waals surface area contributed by atoms with Crippen molar-refractivity contribution in [2.24, 2.45) is 0 Å². The Morgan fingerprint density at radius 1 is 1.22 bits per heavy atom. The number of hydrogen-bond acceptors (Lipinski definition) is 3. The van der Waals surface area contributed by atoms with Crippen LogP contribution in [-0.4, -0.2) is 29.8 Å². The van der Waals surface area contributed by atoms with E-state index in [2.05, 4.69) is 5.32 Å². The third-order valence-corrected chi connectivity index (χ3v) is 4.84. The summed E-state index contributed by atoms with van der Waals surface area (Å²) in [6, 6.07) is 8.53. The molecule has 0 bridgehead atoms. The number of likely N-dealkylation sites (N-methyl/N-ethyl adjacent to an activating group) is 1. The van der Waals surface area contributed by atoms with Gasteiger partial charge in [0.1, 0.15) is 0 Å². The molecule has 2 rings (SSSR count). The largest absolute Gasteiger partial charge is 0.343 e. The summed E-state index contributed by atoms with van der Waals surface area (Å²) in [4.78, 5) is 27.1. The highest BCUT2D eigenvalue weighted by atomic mass is 35.5. The molecule has 0 saturated carbocycles. The van der Waals surface area contributed by atoms with Gasteiger partial charge < -0.3 is 10.2 Å². The topological polar surface area (TPSA) is 49.4 Å². The molecular weight excluding hydrogens is 355 g/mol. The molecule has 0 aliphatic heterocycles. The van der Waals surface area contributed by atoms with Gasteiger partial charge in [0.05, 0.1) is 23.1 Å². The molecule has 1 heterocycles. The van der Waals surface area contributed by atoms with E-state index in [4.69, 9.17) is 23.2 Å². The molecule has 1 aromatic heterocycles. The first-order valence-electron chi connectivity index (χ1n) is 7.04. The highest BCUT2D eigenvalue weighted by Gasteiger charge is 2.15. The van der Waals surface area contributed by atoms with E-state index in [0.29, 0.717) is 28.7 Å². The van der Waals surface area contributed by atoms with Crippen LogP contribution in [0.3, 0.4) is 0 Å². The standard InChI is InChI=1S/C16H16Cl2N2O2S/c1-2-20(10-12-4-3-7-23-12)15(21)9-19-16(22)11-5-6-13(17)14(18)8-11/h3-8H,2,9-10H2,1H3,(H,19,22). The summed E-state index contributed by atoms with van der Waals surface area (Å²) in [7, 11) is 0. The smallest absolute Gasteiger partial charge is 0.251 e. The Morgan fingerprint density at radius 3 is 2.61 bits per heavy atom. The summed E-state index contributed by atoms with van der Waals surface area (Å²) in [5, 5.41) is 5.27. The number of rotatable bonds is 6. The molecule has 0 saturated heterocycles. The van der Waals surface area contributed by atoms with Crippen LogP contribution in [-0.2, 0) is 11.3 Å². The number of amides is 2. The number of benzene rings is 1. The predicted molar refractivity (Wildman–Crippen MR) is 94.2 cm³/mol. The molecule has 0 spiro atoms. The van der Waals surface area contributed by atoms with Gasteiger partial charge in [-0.2, -0.15) is 0 Å². The van der Waals surface area contributed by atoms with E-state index >= 15 is 0 Å². The molecule has 0 fully saturated rings. The van der Waals surface area contributed by atoms with Crippen molar-refractivity contribution in [1.82, 2.24) is 10.2 Å². The lowest BCUT2D eigenvalue weighted by molar-refractivity contribution is -0.130. The zero-order chi connectivity index (χ0) is 16.8. The average Bonchev–Trinajstić information content (AvgIpc) is 3.05. The van der Waals surface area contributed by atoms with Gasteiger partial charge in [0.15, 0.2) is 0 Å². The minimum absolute atomic E-state index is 0.0572. The lowest BCUT2D eigenvalue weighted by Crippen LogP contribution is -2.39. The van der Waals surface area contributed by atoms with Gasteiger partial charge in [-0.25, -0.2) is 0 Å². The van der Waals surface area contributed by atoms with Crippen molar-refractivity contribution < 1.29 is 9.59 Å². The molecule has 1 N–H and O–H groups in total. The van der Waals surface area contributed by atoms with Gasteiger partial charge in [0.2, 0.25) is 5.91 Å². The van der Waals surface area contributed by atoms with Crippen molar-refractivity contribution in [3.05, 3.63) is 56.2 Å². The highest BCUT2D eigenvalue weighted by molar-refractivity contribution is 7.09. The number of carbonyl (C=O) groups excluding carboxylic acids is 2. The second-order valence-corrected chi connectivity index (χ2v) is 6.65. The minimum Gasteiger partial charge on any atom is -0.343 e. The monoisotopic (exact) mass is 370 g/mol. The van der Waals surface area contributed by atoms with E-state index in [1.54, 1.807) is 28.4 Å². The maximum absolute atomic E-state index is 12.2. The molecular formula is C16H16Cl2N2O2S. The van der Waals surface area contributed by atoms with E-state index in [0.717, 1.165) is 4.88 Å². The van der Waals surface area contributed by atoms with Crippen LogP contribution in [0.15, 0.2) is 35.7 Å². The summed E-state index contributed by atoms with van der Waals surface area (Å²) in [6.07, 6.45) is 0. The van der Waals surface area contributed by atoms with E-state index in [9.17, 15) is 9.59 Å². The fourth-order valence-corrected chi connectivity index (χ4v) is 2.99. The third-order valence-electron chi connectivity index (χ3n) is 3.24. The summed E-state index contributed by atoms with van der Waals surface area (Å²) in [5.41, 5.74) is 0.369. The number of nitrogens with zero attached hydrogens (tertiary/aromatic N) is 1. The van der Waals surface area contributed by atoms with E-state index in [1.807, 2.05) is 24.4 Å². The first-order chi connectivity index (χ1) is 11.0. The number of thiophene rings is 1. The minimum atomic E-state index is -0.357. The second kappa shape index (κ2) is 8.34. The second-order valence-electron chi connectivity index (χ2n) is 4.80. The van der Waals surface area contributed by atoms with Crippen molar-refractivity contribution in [1.29, 1.82) is 0 Å². The first-order valence-corrected chi connectivity index (χ1v) is 8.68. The maximum atomic E-state index is 12.2. The Morgan fingerprint density at radius 2 is 2.00 bits per heavy atom. The van der Waals surface area contributed by atoms with Crippen LogP contribution >= 0.6 is 34.5 Å². The van der Waals surface area contributed by atoms with Crippen LogP contribution < -0.4 is 5.32 Å². The molecule has 2 aromatic rings. The van der Waals surface area contributed by atoms with E-state index < -0.39 is 0 Å². The zero-order valence-corrected chi connectivity index (χ0v) is 14.8. The Kier molecular flexibility index (Phi) is 6.45. The van der Waals surface area contributed by atoms with Gasteiger partial charge in [-0.05, 0) is 36.6 Å². The molecule has 2 amide bonds. The van der Waals surface area contributed by atoms with Crippen LogP contribution in [0.2, 0.25) is 10.0 Å². The van der Waals surface area contributed by atoms with E-state index in [-0.39, 0.29) is 18.4 Å². The number of halogens is 2. The Bertz CT molecular complexity index is 689. The molecule has 1 aromatic carbocycles. The molecule has 0 aliphatic rings. The van der Waals surface area contributed by atoms with Gasteiger partial charge in [-0.1, -0.05) is 29.3 Å². The molecule has 7 heteroatoms. The number of nitrogens with one attached hydrogen (secondary N) is 1. The fourth-order valence-electron chi connectivity index (χ4n) is 1.97. The van der Waals surface area contributed by atoms with Crippen LogP contribution in [0, 0.1) is 0 Å². The zero-order valence-electron chi connectivity index (χ0n) is 12.5. The van der Waals surface area contributed by atoms with E-state index in [1.165, 1.54) is 6.07 Å². The highest BCUT2D eigenvalue weighted by Crippen LogP contribution is 2.22. The maximum Gasteiger partial charge on any atom is 0.251 e. The molecule has 23 heavy (non-hydrogen) atoms. The van der Waals surface area contributed by atoms with Crippen LogP contribution in [0.25, 0.3) is 0 Å². The normalized spacial score (nSPS) is 10.4. The Hall–Kier alpha value is -1.56. The van der Waals surface area contributed by atoms with Crippen molar-refractivity contribution >= 4 is 46.4 Å². The van der Waals surface area contributed by atoms with Gasteiger partial charge in [-0.15, -0.1) is 11.3 Å². The van der Waals surface area contributed by atoms with Crippen LogP contribution in [0.1, 0.15) is 22.2 Å². The Balaban J connectivity index is 1.91. The molecule has 4 nitrogen and oxygen atoms in total. The van der Waals surface area contributed by atoms with Gasteiger partial charge in [0.25, 0.3) is 5.91 Å². The molecule has 0 atom stereocenters. The number of hydrogen-bond donors (Lipinski definition) is 1. The fraction of sp³-hybridized carbons (Fsp3) is 0.250. The van der Waals surface area contributed by atoms with Gasteiger partial charge in [-0.3, -0.25) is 9.59 Å². The van der Waals surface area contributed by atoms with Crippen molar-refractivity contribution in [2.45, 2.75) is 13.5 Å². The molecule has 122 valence electrons. The lowest BCUT2D eigenvalue weighted by atomic mass is 10.2. The SMILES string of the molecule is CCN(Cc1cccs1)C(=O)CNC(=O)c1ccc(Cl)c(Cl)c1. The van der Waals surface area contributed by atoms with Gasteiger partial charge in [0, 0.05) is 17.0 Å². The summed E-state index contributed by atoms with van der Waals surface area (Å²) in [5.74, 6) is -0.488. The van der Waals surface area contributed by atoms with Crippen LogP contribution in [0.4, 0.5) is 0 Å². The molecule has 0 aliphatic carbocycles. The van der Waals surface area contributed by atoms with Crippen molar-refractivity contribution in [3.63, 3.8) is 0 Å². The first kappa shape index (κ1) is 17.8.